The topological polar surface area (TPSA) is 154 Å². The lowest BCUT2D eigenvalue weighted by atomic mass is 10.0. The minimum atomic E-state index is -2.93. The van der Waals surface area contributed by atoms with Crippen molar-refractivity contribution in [2.45, 2.75) is 32.9 Å². The molecule has 0 radical (unpaired) electrons. The van der Waals surface area contributed by atoms with E-state index in [2.05, 4.69) is 35.3 Å². The molecule has 2 fully saturated rings. The number of likely N-dealkylation sites (tertiary alicyclic amines) is 1. The summed E-state index contributed by atoms with van der Waals surface area (Å²) in [6, 6.07) is 4.75. The second-order valence-corrected chi connectivity index (χ2v) is 14.4. The smallest absolute Gasteiger partial charge is 0.223 e. The number of nitrogens with one attached hydrogen (secondary N) is 1. The van der Waals surface area contributed by atoms with Crippen molar-refractivity contribution in [3.05, 3.63) is 59.0 Å². The number of ether oxygens (including phenoxy) is 1. The Morgan fingerprint density at radius 2 is 1.93 bits per heavy atom. The normalized spacial score (nSPS) is 19.8. The zero-order chi connectivity index (χ0) is 31.9. The minimum absolute atomic E-state index is 0.154. The summed E-state index contributed by atoms with van der Waals surface area (Å²) >= 11 is 6.21. The summed E-state index contributed by atoms with van der Waals surface area (Å²) in [5.74, 6) is 1.65. The van der Waals surface area contributed by atoms with E-state index >= 15 is 4.39 Å². The number of halogens is 2. The number of nitrogens with two attached hydrogens (primary N) is 1. The zero-order valence-corrected chi connectivity index (χ0v) is 26.8. The van der Waals surface area contributed by atoms with Gasteiger partial charge in [-0.05, 0) is 49.4 Å². The molecule has 0 aliphatic carbocycles. The van der Waals surface area contributed by atoms with E-state index in [1.807, 2.05) is 13.8 Å². The van der Waals surface area contributed by atoms with Crippen molar-refractivity contribution in [1.82, 2.24) is 34.6 Å². The van der Waals surface area contributed by atoms with E-state index in [0.717, 1.165) is 11.3 Å². The van der Waals surface area contributed by atoms with Gasteiger partial charge in [-0.3, -0.25) is 9.88 Å². The molecule has 4 aromatic rings. The van der Waals surface area contributed by atoms with E-state index < -0.39 is 15.7 Å². The number of nitrogens with zero attached hydrogens (tertiary/aromatic N) is 7. The molecular formula is C30H35ClFN9O3S. The summed E-state index contributed by atoms with van der Waals surface area (Å²) in [7, 11) is -1.14. The van der Waals surface area contributed by atoms with Crippen molar-refractivity contribution in [2.75, 3.05) is 42.2 Å². The van der Waals surface area contributed by atoms with Crippen LogP contribution in [0.1, 0.15) is 24.6 Å². The highest BCUT2D eigenvalue weighted by atomic mass is 35.5. The van der Waals surface area contributed by atoms with Gasteiger partial charge in [0.1, 0.15) is 28.0 Å². The van der Waals surface area contributed by atoms with Crippen LogP contribution in [-0.4, -0.2) is 80.3 Å². The Morgan fingerprint density at radius 1 is 1.18 bits per heavy atom. The summed E-state index contributed by atoms with van der Waals surface area (Å²) < 4.78 is 47.2. The lowest BCUT2D eigenvalue weighted by molar-refractivity contribution is 0.198. The van der Waals surface area contributed by atoms with Crippen LogP contribution in [0.25, 0.3) is 22.6 Å². The Morgan fingerprint density at radius 3 is 2.64 bits per heavy atom. The Labute approximate surface area is 266 Å². The third kappa shape index (κ3) is 6.87. The molecule has 2 unspecified atom stereocenters. The molecule has 0 spiro atoms. The van der Waals surface area contributed by atoms with Crippen LogP contribution in [-0.2, 0) is 23.4 Å². The highest BCUT2D eigenvalue weighted by Gasteiger charge is 2.43. The van der Waals surface area contributed by atoms with Crippen LogP contribution in [0, 0.1) is 24.6 Å². The van der Waals surface area contributed by atoms with Gasteiger partial charge in [-0.15, -0.1) is 0 Å². The Balaban J connectivity index is 1.10. The second kappa shape index (κ2) is 12.5. The van der Waals surface area contributed by atoms with Crippen LogP contribution in [0.4, 0.5) is 15.9 Å². The fourth-order valence-electron chi connectivity index (χ4n) is 6.23. The quantitative estimate of drug-likeness (QED) is 0.240. The summed E-state index contributed by atoms with van der Waals surface area (Å²) in [6.07, 6.45) is 5.13. The molecule has 0 aromatic carbocycles. The van der Waals surface area contributed by atoms with E-state index in [9.17, 15) is 8.42 Å². The lowest BCUT2D eigenvalue weighted by Gasteiger charge is -2.18. The molecule has 3 atom stereocenters. The highest BCUT2D eigenvalue weighted by molar-refractivity contribution is 7.91. The number of rotatable bonds is 10. The van der Waals surface area contributed by atoms with Crippen LogP contribution < -0.4 is 15.8 Å². The molecule has 0 bridgehead atoms. The van der Waals surface area contributed by atoms with Crippen molar-refractivity contribution >= 4 is 32.9 Å². The summed E-state index contributed by atoms with van der Waals surface area (Å²) in [5, 5.41) is 8.09. The molecule has 0 amide bonds. The molecule has 15 heteroatoms. The molecule has 2 saturated heterocycles. The first-order chi connectivity index (χ1) is 21.5. The fourth-order valence-corrected chi connectivity index (χ4v) is 8.58. The number of aryl methyl sites for hydroxylation is 2. The van der Waals surface area contributed by atoms with Crippen molar-refractivity contribution < 1.29 is 17.5 Å². The van der Waals surface area contributed by atoms with Gasteiger partial charge in [0.2, 0.25) is 5.88 Å². The van der Waals surface area contributed by atoms with Gasteiger partial charge in [-0.2, -0.15) is 5.10 Å². The molecule has 2 aliphatic heterocycles. The Kier molecular flexibility index (Phi) is 8.63. The molecular weight excluding hydrogens is 621 g/mol. The maximum absolute atomic E-state index is 15.5. The second-order valence-electron chi connectivity index (χ2n) is 11.9. The number of anilines is 2. The Bertz CT molecular complexity index is 1820. The first-order valence-electron chi connectivity index (χ1n) is 14.7. The number of aromatic nitrogens is 6. The van der Waals surface area contributed by atoms with Gasteiger partial charge in [0, 0.05) is 69.5 Å². The zero-order valence-electron chi connectivity index (χ0n) is 25.2. The number of nitrogen functional groups attached to an aromatic ring is 1. The van der Waals surface area contributed by atoms with E-state index in [4.69, 9.17) is 22.1 Å². The SMILES string of the molecule is Cc1nn(C)c(O[C@@H](C)CCNc2cc(Cl)ncc2-c2ncc(CN3CC4CS(=O)(=O)CC4C3)cc2F)c1-c1nccc(N)n1. The molecule has 6 rings (SSSR count). The summed E-state index contributed by atoms with van der Waals surface area (Å²) in [5.41, 5.74) is 9.25. The standard InChI is InChI=1S/C30H35ClFN9O3S/c1-17(44-30-27(18(2)39-40(30)3)29-35-7-5-26(33)38-29)4-6-34-24-9-25(31)36-11-22(24)28-23(32)8-19(10-37-28)12-41-13-20-15-45(42,43)16-21(20)14-41/h5,7-11,17,20-21H,4,6,12-16H2,1-3H3,(H,34,36)(H2,33,35,38)/t17-,20?,21?/m0/s1. The molecule has 238 valence electrons. The van der Waals surface area contributed by atoms with Crippen LogP contribution in [0.3, 0.4) is 0 Å². The van der Waals surface area contributed by atoms with Crippen LogP contribution in [0.2, 0.25) is 5.15 Å². The predicted octanol–water partition coefficient (Wildman–Crippen LogP) is 3.76. The predicted molar refractivity (Wildman–Crippen MR) is 170 cm³/mol. The number of fused-ring (bicyclic) bond motifs is 1. The third-order valence-electron chi connectivity index (χ3n) is 8.27. The lowest BCUT2D eigenvalue weighted by Crippen LogP contribution is -2.24. The monoisotopic (exact) mass is 655 g/mol. The number of hydrogen-bond donors (Lipinski definition) is 2. The van der Waals surface area contributed by atoms with Crippen LogP contribution >= 0.6 is 11.6 Å². The maximum Gasteiger partial charge on any atom is 0.223 e. The van der Waals surface area contributed by atoms with E-state index in [1.165, 1.54) is 12.3 Å². The van der Waals surface area contributed by atoms with E-state index in [-0.39, 0.29) is 40.3 Å². The van der Waals surface area contributed by atoms with Gasteiger partial charge in [0.15, 0.2) is 15.7 Å². The number of sulfone groups is 1. The fraction of sp³-hybridized carbons (Fsp3) is 0.433. The number of hydrogen-bond acceptors (Lipinski definition) is 11. The number of pyridine rings is 2. The van der Waals surface area contributed by atoms with Crippen molar-refractivity contribution in [3.8, 4) is 28.5 Å². The van der Waals surface area contributed by atoms with Crippen LogP contribution in [0.5, 0.6) is 5.88 Å². The van der Waals surface area contributed by atoms with Gasteiger partial charge in [0.25, 0.3) is 0 Å². The van der Waals surface area contributed by atoms with Gasteiger partial charge in [-0.25, -0.2) is 32.4 Å². The first kappa shape index (κ1) is 31.1. The van der Waals surface area contributed by atoms with E-state index in [1.54, 1.807) is 36.3 Å². The van der Waals surface area contributed by atoms with E-state index in [0.29, 0.717) is 66.9 Å². The Hall–Kier alpha value is -3.88. The third-order valence-corrected chi connectivity index (χ3v) is 10.3. The highest BCUT2D eigenvalue weighted by Crippen LogP contribution is 2.35. The average molecular weight is 656 g/mol. The van der Waals surface area contributed by atoms with Crippen LogP contribution in [0.15, 0.2) is 36.8 Å². The van der Waals surface area contributed by atoms with Crippen molar-refractivity contribution in [3.63, 3.8) is 0 Å². The molecule has 45 heavy (non-hydrogen) atoms. The van der Waals surface area contributed by atoms with Crippen molar-refractivity contribution in [2.24, 2.45) is 18.9 Å². The molecule has 3 N–H and O–H groups in total. The molecule has 6 heterocycles. The van der Waals surface area contributed by atoms with Gasteiger partial charge in [0.05, 0.1) is 23.3 Å². The largest absolute Gasteiger partial charge is 0.474 e. The molecule has 2 aliphatic rings. The maximum atomic E-state index is 15.5. The molecule has 4 aromatic heterocycles. The van der Waals surface area contributed by atoms with Crippen molar-refractivity contribution in [1.29, 1.82) is 0 Å². The summed E-state index contributed by atoms with van der Waals surface area (Å²) in [4.78, 5) is 19.5. The molecule has 0 saturated carbocycles. The molecule has 12 nitrogen and oxygen atoms in total. The van der Waals surface area contributed by atoms with Gasteiger partial charge >= 0.3 is 0 Å². The first-order valence-corrected chi connectivity index (χ1v) is 16.9. The minimum Gasteiger partial charge on any atom is -0.474 e. The average Bonchev–Trinajstić information content (AvgIpc) is 3.55. The summed E-state index contributed by atoms with van der Waals surface area (Å²) in [6.45, 7) is 6.20. The van der Waals surface area contributed by atoms with Gasteiger partial charge in [-0.1, -0.05) is 11.6 Å². The van der Waals surface area contributed by atoms with Gasteiger partial charge < -0.3 is 15.8 Å².